The van der Waals surface area contributed by atoms with Crippen molar-refractivity contribution in [1.29, 1.82) is 0 Å². The Morgan fingerprint density at radius 2 is 1.49 bits per heavy atom. The molecule has 3 aromatic carbocycles. The first-order chi connectivity index (χ1) is 18.8. The Labute approximate surface area is 229 Å². The van der Waals surface area contributed by atoms with E-state index in [-0.39, 0.29) is 42.7 Å². The molecule has 3 amide bonds. The first kappa shape index (κ1) is 26.5. The summed E-state index contributed by atoms with van der Waals surface area (Å²) < 4.78 is 32.1. The number of sulfone groups is 1. The molecular weight excluding hydrogens is 542 g/mol. The van der Waals surface area contributed by atoms with Crippen molar-refractivity contribution in [3.05, 3.63) is 101 Å². The zero-order chi connectivity index (χ0) is 27.6. The molecule has 200 valence electrons. The topological polar surface area (TPSA) is 117 Å². The van der Waals surface area contributed by atoms with Crippen molar-refractivity contribution in [1.82, 2.24) is 15.1 Å². The number of piperazine rings is 1. The molecule has 5 rings (SSSR count). The van der Waals surface area contributed by atoms with Gasteiger partial charge in [-0.2, -0.15) is 0 Å². The molecule has 0 saturated carbocycles. The third kappa shape index (κ3) is 5.39. The second kappa shape index (κ2) is 10.9. The van der Waals surface area contributed by atoms with E-state index >= 15 is 0 Å². The summed E-state index contributed by atoms with van der Waals surface area (Å²) in [7, 11) is -4.35. The maximum atomic E-state index is 13.6. The molecule has 1 saturated heterocycles. The van der Waals surface area contributed by atoms with Gasteiger partial charge in [0, 0.05) is 36.8 Å². The fourth-order valence-electron chi connectivity index (χ4n) is 4.51. The Bertz CT molecular complexity index is 1620. The maximum Gasteiger partial charge on any atom is 0.288 e. The summed E-state index contributed by atoms with van der Waals surface area (Å²) in [5.74, 6) is -1.96. The van der Waals surface area contributed by atoms with Crippen molar-refractivity contribution >= 4 is 49.9 Å². The Hall–Kier alpha value is -4.15. The molecule has 1 atom stereocenters. The Morgan fingerprint density at radius 1 is 0.821 bits per heavy atom. The van der Waals surface area contributed by atoms with Gasteiger partial charge in [0.05, 0.1) is 11.2 Å². The largest absolute Gasteiger partial charge is 0.459 e. The van der Waals surface area contributed by atoms with Gasteiger partial charge in [-0.25, -0.2) is 8.42 Å². The number of rotatable bonds is 6. The summed E-state index contributed by atoms with van der Waals surface area (Å²) in [6.07, 6.45) is 1.27. The van der Waals surface area contributed by atoms with Crippen LogP contribution < -0.4 is 5.32 Å². The summed E-state index contributed by atoms with van der Waals surface area (Å²) in [5.41, 5.74) is 0.557. The van der Waals surface area contributed by atoms with Crippen LogP contribution in [0, 0.1) is 0 Å². The number of hydrogen-bond donors (Lipinski definition) is 1. The third-order valence-electron chi connectivity index (χ3n) is 6.58. The van der Waals surface area contributed by atoms with Crippen LogP contribution in [-0.2, 0) is 14.6 Å². The van der Waals surface area contributed by atoms with Gasteiger partial charge in [-0.15, -0.1) is 0 Å². The van der Waals surface area contributed by atoms with Gasteiger partial charge in [0.1, 0.15) is 0 Å². The number of halogens is 1. The number of fused-ring (bicyclic) bond motifs is 1. The molecule has 0 bridgehead atoms. The second-order valence-corrected chi connectivity index (χ2v) is 11.4. The van der Waals surface area contributed by atoms with Crippen LogP contribution in [0.15, 0.2) is 94.4 Å². The standard InChI is InChI=1S/C28H24ClN3O6S/c29-20-10-12-21(13-11-20)39(36,37)26(30-25(33)24-9-4-18-38-24)28(35)32-16-14-31(15-17-32)27(34)23-8-3-6-19-5-1-2-7-22(19)23/h1-13,18,26H,14-17H2,(H,30,33)/t26-/m0/s1. The lowest BCUT2D eigenvalue weighted by atomic mass is 10.0. The lowest BCUT2D eigenvalue weighted by Crippen LogP contribution is -2.57. The Morgan fingerprint density at radius 3 is 2.18 bits per heavy atom. The van der Waals surface area contributed by atoms with Crippen molar-refractivity contribution in [2.24, 2.45) is 0 Å². The Balaban J connectivity index is 1.35. The molecule has 1 aliphatic rings. The van der Waals surface area contributed by atoms with Crippen LogP contribution >= 0.6 is 11.6 Å². The fourth-order valence-corrected chi connectivity index (χ4v) is 6.10. The molecule has 0 aliphatic carbocycles. The summed E-state index contributed by atoms with van der Waals surface area (Å²) in [6.45, 7) is 0.596. The molecule has 1 fully saturated rings. The SMILES string of the molecule is O=C(N[C@H](C(=O)N1CCN(C(=O)c2cccc3ccccc23)CC1)S(=O)(=O)c1ccc(Cl)cc1)c1ccco1. The monoisotopic (exact) mass is 565 g/mol. The van der Waals surface area contributed by atoms with Gasteiger partial charge in [0.25, 0.3) is 17.7 Å². The van der Waals surface area contributed by atoms with E-state index in [1.54, 1.807) is 11.0 Å². The van der Waals surface area contributed by atoms with Gasteiger partial charge in [-0.05, 0) is 53.2 Å². The average Bonchev–Trinajstić information content (AvgIpc) is 3.50. The summed E-state index contributed by atoms with van der Waals surface area (Å²) in [6, 6.07) is 21.3. The van der Waals surface area contributed by atoms with E-state index in [1.807, 2.05) is 36.4 Å². The predicted octanol–water partition coefficient (Wildman–Crippen LogP) is 3.60. The highest BCUT2D eigenvalue weighted by molar-refractivity contribution is 7.92. The van der Waals surface area contributed by atoms with Crippen molar-refractivity contribution < 1.29 is 27.2 Å². The minimum absolute atomic E-state index is 0.0958. The minimum Gasteiger partial charge on any atom is -0.459 e. The number of nitrogens with one attached hydrogen (secondary N) is 1. The fraction of sp³-hybridized carbons (Fsp3) is 0.179. The lowest BCUT2D eigenvalue weighted by molar-refractivity contribution is -0.132. The zero-order valence-corrected chi connectivity index (χ0v) is 22.2. The summed E-state index contributed by atoms with van der Waals surface area (Å²) in [5, 5.41) is 2.52. The van der Waals surface area contributed by atoms with E-state index in [2.05, 4.69) is 5.32 Å². The molecule has 1 aromatic heterocycles. The second-order valence-electron chi connectivity index (χ2n) is 8.97. The normalized spacial score (nSPS) is 14.7. The van der Waals surface area contributed by atoms with Crippen molar-refractivity contribution in [2.75, 3.05) is 26.2 Å². The minimum atomic E-state index is -4.35. The molecular formula is C28H24ClN3O6S. The van der Waals surface area contributed by atoms with Crippen LogP contribution in [0.5, 0.6) is 0 Å². The van der Waals surface area contributed by atoms with E-state index in [0.717, 1.165) is 10.8 Å². The predicted molar refractivity (Wildman–Crippen MR) is 145 cm³/mol. The van der Waals surface area contributed by atoms with E-state index in [0.29, 0.717) is 10.6 Å². The number of carbonyl (C=O) groups excluding carboxylic acids is 3. The highest BCUT2D eigenvalue weighted by Crippen LogP contribution is 2.23. The zero-order valence-electron chi connectivity index (χ0n) is 20.6. The van der Waals surface area contributed by atoms with Crippen LogP contribution in [0.1, 0.15) is 20.9 Å². The number of hydrogen-bond acceptors (Lipinski definition) is 6. The van der Waals surface area contributed by atoms with E-state index in [9.17, 15) is 22.8 Å². The average molecular weight is 566 g/mol. The number of amides is 3. The highest BCUT2D eigenvalue weighted by atomic mass is 35.5. The molecule has 1 aliphatic heterocycles. The van der Waals surface area contributed by atoms with Crippen LogP contribution in [-0.4, -0.2) is 67.5 Å². The van der Waals surface area contributed by atoms with Gasteiger partial charge in [0.15, 0.2) is 5.76 Å². The van der Waals surface area contributed by atoms with Crippen LogP contribution in [0.3, 0.4) is 0 Å². The Kier molecular flexibility index (Phi) is 7.40. The molecule has 0 unspecified atom stereocenters. The van der Waals surface area contributed by atoms with Gasteiger partial charge >= 0.3 is 0 Å². The molecule has 11 heteroatoms. The van der Waals surface area contributed by atoms with Crippen LogP contribution in [0.25, 0.3) is 10.8 Å². The van der Waals surface area contributed by atoms with Gasteiger partial charge in [0.2, 0.25) is 15.2 Å². The summed E-state index contributed by atoms with van der Waals surface area (Å²) >= 11 is 5.91. The van der Waals surface area contributed by atoms with Gasteiger partial charge in [-0.3, -0.25) is 14.4 Å². The van der Waals surface area contributed by atoms with E-state index in [4.69, 9.17) is 16.0 Å². The quantitative estimate of drug-likeness (QED) is 0.382. The third-order valence-corrected chi connectivity index (χ3v) is 8.70. The molecule has 0 spiro atoms. The summed E-state index contributed by atoms with van der Waals surface area (Å²) in [4.78, 5) is 42.4. The maximum absolute atomic E-state index is 13.6. The molecule has 2 heterocycles. The van der Waals surface area contributed by atoms with Gasteiger partial charge in [-0.1, -0.05) is 48.0 Å². The number of furan rings is 1. The van der Waals surface area contributed by atoms with Crippen LogP contribution in [0.4, 0.5) is 0 Å². The molecule has 4 aromatic rings. The first-order valence-electron chi connectivity index (χ1n) is 12.2. The first-order valence-corrected chi connectivity index (χ1v) is 14.1. The molecule has 9 nitrogen and oxygen atoms in total. The smallest absolute Gasteiger partial charge is 0.288 e. The van der Waals surface area contributed by atoms with Crippen molar-refractivity contribution in [2.45, 2.75) is 10.3 Å². The van der Waals surface area contributed by atoms with Crippen molar-refractivity contribution in [3.8, 4) is 0 Å². The number of nitrogens with zero attached hydrogens (tertiary/aromatic N) is 2. The van der Waals surface area contributed by atoms with E-state index < -0.39 is 27.0 Å². The number of benzene rings is 3. The molecule has 0 radical (unpaired) electrons. The van der Waals surface area contributed by atoms with E-state index in [1.165, 1.54) is 47.6 Å². The van der Waals surface area contributed by atoms with Gasteiger partial charge < -0.3 is 19.5 Å². The van der Waals surface area contributed by atoms with Crippen molar-refractivity contribution in [3.63, 3.8) is 0 Å². The lowest BCUT2D eigenvalue weighted by Gasteiger charge is -2.36. The number of carbonyl (C=O) groups is 3. The molecule has 39 heavy (non-hydrogen) atoms. The highest BCUT2D eigenvalue weighted by Gasteiger charge is 2.40. The van der Waals surface area contributed by atoms with Crippen LogP contribution in [0.2, 0.25) is 5.02 Å². The molecule has 1 N–H and O–H groups in total.